The highest BCUT2D eigenvalue weighted by Gasteiger charge is 2.30. The fourth-order valence-corrected chi connectivity index (χ4v) is 2.87. The Balaban J connectivity index is 1.73. The second-order valence-electron chi connectivity index (χ2n) is 5.35. The van der Waals surface area contributed by atoms with Crippen LogP contribution in [0.15, 0.2) is 24.3 Å². The van der Waals surface area contributed by atoms with Crippen molar-refractivity contribution >= 4 is 11.6 Å². The third kappa shape index (κ3) is 3.71. The Morgan fingerprint density at radius 3 is 2.89 bits per heavy atom. The van der Waals surface area contributed by atoms with Gasteiger partial charge in [0.2, 0.25) is 0 Å². The zero-order chi connectivity index (χ0) is 13.0. The topological polar surface area (TPSA) is 32.3 Å². The Morgan fingerprint density at radius 1 is 1.44 bits per heavy atom. The molecule has 0 amide bonds. The van der Waals surface area contributed by atoms with E-state index in [0.717, 1.165) is 17.9 Å². The van der Waals surface area contributed by atoms with Gasteiger partial charge in [0.15, 0.2) is 0 Å². The lowest BCUT2D eigenvalue weighted by Gasteiger charge is -2.38. The summed E-state index contributed by atoms with van der Waals surface area (Å²) in [7, 11) is 0. The van der Waals surface area contributed by atoms with Gasteiger partial charge in [-0.15, -0.1) is 0 Å². The molecule has 0 saturated heterocycles. The first-order valence-corrected chi connectivity index (χ1v) is 7.19. The lowest BCUT2D eigenvalue weighted by molar-refractivity contribution is 0.244. The molecule has 1 aromatic rings. The van der Waals surface area contributed by atoms with Crippen LogP contribution in [-0.4, -0.2) is 23.8 Å². The first kappa shape index (κ1) is 13.9. The third-order valence-electron chi connectivity index (χ3n) is 3.77. The van der Waals surface area contributed by atoms with Gasteiger partial charge in [-0.1, -0.05) is 23.7 Å². The third-order valence-corrected chi connectivity index (χ3v) is 4.01. The van der Waals surface area contributed by atoms with Crippen molar-refractivity contribution in [2.75, 3.05) is 6.61 Å². The Morgan fingerprint density at radius 2 is 2.22 bits per heavy atom. The molecule has 0 spiro atoms. The normalized spacial score (nSPS) is 24.6. The fourth-order valence-electron chi connectivity index (χ4n) is 2.67. The number of hydrogen-bond acceptors (Lipinski definition) is 2. The highest BCUT2D eigenvalue weighted by atomic mass is 35.5. The quantitative estimate of drug-likeness (QED) is 0.829. The van der Waals surface area contributed by atoms with Crippen molar-refractivity contribution in [3.05, 3.63) is 34.9 Å². The molecule has 1 aliphatic rings. The SMILES string of the molecule is CC(CCCO)NC1CC(c2cccc(Cl)c2)C1. The minimum absolute atomic E-state index is 0.293. The molecule has 2 nitrogen and oxygen atoms in total. The molecular formula is C15H22ClNO. The molecule has 1 aromatic carbocycles. The Bertz CT molecular complexity index is 377. The summed E-state index contributed by atoms with van der Waals surface area (Å²) >= 11 is 6.01. The second-order valence-corrected chi connectivity index (χ2v) is 5.79. The molecule has 1 atom stereocenters. The highest BCUT2D eigenvalue weighted by Crippen LogP contribution is 2.37. The number of nitrogens with one attached hydrogen (secondary N) is 1. The maximum Gasteiger partial charge on any atom is 0.0431 e. The van der Waals surface area contributed by atoms with Crippen LogP contribution in [0, 0.1) is 0 Å². The average Bonchev–Trinajstić information content (AvgIpc) is 2.30. The van der Waals surface area contributed by atoms with E-state index in [2.05, 4.69) is 24.4 Å². The number of benzene rings is 1. The van der Waals surface area contributed by atoms with E-state index in [0.29, 0.717) is 24.6 Å². The summed E-state index contributed by atoms with van der Waals surface area (Å²) in [6.07, 6.45) is 4.33. The largest absolute Gasteiger partial charge is 0.396 e. The number of aliphatic hydroxyl groups is 1. The second kappa shape index (κ2) is 6.55. The molecule has 2 rings (SSSR count). The van der Waals surface area contributed by atoms with Crippen LogP contribution in [-0.2, 0) is 0 Å². The Labute approximate surface area is 114 Å². The number of aliphatic hydroxyl groups excluding tert-OH is 1. The minimum Gasteiger partial charge on any atom is -0.396 e. The summed E-state index contributed by atoms with van der Waals surface area (Å²) in [4.78, 5) is 0. The van der Waals surface area contributed by atoms with Crippen molar-refractivity contribution in [2.24, 2.45) is 0 Å². The Hall–Kier alpha value is -0.570. The molecule has 1 unspecified atom stereocenters. The van der Waals surface area contributed by atoms with Gasteiger partial charge < -0.3 is 10.4 Å². The van der Waals surface area contributed by atoms with Gasteiger partial charge in [-0.05, 0) is 56.2 Å². The van der Waals surface area contributed by atoms with Crippen LogP contribution in [0.5, 0.6) is 0 Å². The van der Waals surface area contributed by atoms with Gasteiger partial charge in [-0.2, -0.15) is 0 Å². The van der Waals surface area contributed by atoms with Crippen LogP contribution in [0.1, 0.15) is 44.1 Å². The molecule has 0 radical (unpaired) electrons. The average molecular weight is 268 g/mol. The molecule has 3 heteroatoms. The molecule has 1 aliphatic carbocycles. The van der Waals surface area contributed by atoms with Crippen LogP contribution in [0.25, 0.3) is 0 Å². The van der Waals surface area contributed by atoms with Crippen LogP contribution < -0.4 is 5.32 Å². The summed E-state index contributed by atoms with van der Waals surface area (Å²) in [5.74, 6) is 0.659. The summed E-state index contributed by atoms with van der Waals surface area (Å²) in [6.45, 7) is 2.49. The molecule has 2 N–H and O–H groups in total. The molecule has 0 aromatic heterocycles. The number of halogens is 1. The fraction of sp³-hybridized carbons (Fsp3) is 0.600. The molecular weight excluding hydrogens is 246 g/mol. The van der Waals surface area contributed by atoms with Crippen molar-refractivity contribution in [3.8, 4) is 0 Å². The van der Waals surface area contributed by atoms with Gasteiger partial charge in [0.1, 0.15) is 0 Å². The lowest BCUT2D eigenvalue weighted by atomic mass is 9.75. The Kier molecular flexibility index (Phi) is 5.04. The van der Waals surface area contributed by atoms with Crippen LogP contribution in [0.3, 0.4) is 0 Å². The standard InChI is InChI=1S/C15H22ClNO/c1-11(4-3-7-18)17-15-9-13(10-15)12-5-2-6-14(16)8-12/h2,5-6,8,11,13,15,17-18H,3-4,7,9-10H2,1H3. The molecule has 1 fully saturated rings. The van der Waals surface area contributed by atoms with Gasteiger partial charge in [0, 0.05) is 23.7 Å². The predicted octanol–water partition coefficient (Wildman–Crippen LogP) is 3.34. The molecule has 1 saturated carbocycles. The van der Waals surface area contributed by atoms with E-state index >= 15 is 0 Å². The van der Waals surface area contributed by atoms with Crippen molar-refractivity contribution in [1.29, 1.82) is 0 Å². The maximum absolute atomic E-state index is 8.80. The first-order chi connectivity index (χ1) is 8.69. The summed E-state index contributed by atoms with van der Waals surface area (Å²) < 4.78 is 0. The highest BCUT2D eigenvalue weighted by molar-refractivity contribution is 6.30. The van der Waals surface area contributed by atoms with E-state index in [1.54, 1.807) is 0 Å². The zero-order valence-electron chi connectivity index (χ0n) is 10.9. The zero-order valence-corrected chi connectivity index (χ0v) is 11.7. The summed E-state index contributed by atoms with van der Waals surface area (Å²) in [6, 6.07) is 9.34. The lowest BCUT2D eigenvalue weighted by Crippen LogP contribution is -2.44. The van der Waals surface area contributed by atoms with E-state index in [4.69, 9.17) is 16.7 Å². The van der Waals surface area contributed by atoms with Crippen LogP contribution in [0.4, 0.5) is 0 Å². The van der Waals surface area contributed by atoms with Crippen molar-refractivity contribution in [3.63, 3.8) is 0 Å². The first-order valence-electron chi connectivity index (χ1n) is 6.81. The van der Waals surface area contributed by atoms with E-state index in [-0.39, 0.29) is 0 Å². The van der Waals surface area contributed by atoms with Gasteiger partial charge in [-0.25, -0.2) is 0 Å². The monoisotopic (exact) mass is 267 g/mol. The van der Waals surface area contributed by atoms with Crippen LogP contribution >= 0.6 is 11.6 Å². The molecule has 18 heavy (non-hydrogen) atoms. The molecule has 0 aliphatic heterocycles. The van der Waals surface area contributed by atoms with Gasteiger partial charge in [0.05, 0.1) is 0 Å². The van der Waals surface area contributed by atoms with Crippen molar-refractivity contribution < 1.29 is 5.11 Å². The molecule has 0 bridgehead atoms. The van der Waals surface area contributed by atoms with Gasteiger partial charge >= 0.3 is 0 Å². The minimum atomic E-state index is 0.293. The smallest absolute Gasteiger partial charge is 0.0431 e. The van der Waals surface area contributed by atoms with E-state index in [1.165, 1.54) is 18.4 Å². The molecule has 100 valence electrons. The molecule has 0 heterocycles. The van der Waals surface area contributed by atoms with Crippen LogP contribution in [0.2, 0.25) is 5.02 Å². The van der Waals surface area contributed by atoms with E-state index in [9.17, 15) is 0 Å². The van der Waals surface area contributed by atoms with Crippen molar-refractivity contribution in [2.45, 2.75) is 50.6 Å². The van der Waals surface area contributed by atoms with E-state index < -0.39 is 0 Å². The van der Waals surface area contributed by atoms with Gasteiger partial charge in [0.25, 0.3) is 0 Å². The summed E-state index contributed by atoms with van der Waals surface area (Å²) in [5.41, 5.74) is 1.36. The van der Waals surface area contributed by atoms with E-state index in [1.807, 2.05) is 12.1 Å². The number of rotatable bonds is 6. The van der Waals surface area contributed by atoms with Crippen molar-refractivity contribution in [1.82, 2.24) is 5.32 Å². The summed E-state index contributed by atoms with van der Waals surface area (Å²) in [5, 5.41) is 13.3. The van der Waals surface area contributed by atoms with Gasteiger partial charge in [-0.3, -0.25) is 0 Å². The maximum atomic E-state index is 8.80. The predicted molar refractivity (Wildman–Crippen MR) is 76.1 cm³/mol. The number of hydrogen-bond donors (Lipinski definition) is 2.